The number of hydrogen-bond donors (Lipinski definition) is 1. The van der Waals surface area contributed by atoms with E-state index in [4.69, 9.17) is 16.3 Å². The minimum absolute atomic E-state index is 0.389. The van der Waals surface area contributed by atoms with Crippen LogP contribution in [0.2, 0.25) is 5.02 Å². The third-order valence-electron chi connectivity index (χ3n) is 7.18. The number of anilines is 1. The van der Waals surface area contributed by atoms with Gasteiger partial charge in [0.1, 0.15) is 0 Å². The van der Waals surface area contributed by atoms with Gasteiger partial charge in [-0.15, -0.1) is 0 Å². The Morgan fingerprint density at radius 1 is 1.18 bits per heavy atom. The normalized spacial score (nSPS) is 28.8. The Kier molecular flexibility index (Phi) is 6.82. The lowest BCUT2D eigenvalue weighted by Crippen LogP contribution is -2.49. The smallest absolute Gasteiger partial charge is 0.0900 e. The van der Waals surface area contributed by atoms with Crippen LogP contribution in [0.1, 0.15) is 37.7 Å². The van der Waals surface area contributed by atoms with E-state index in [1.165, 1.54) is 43.4 Å². The highest BCUT2D eigenvalue weighted by molar-refractivity contribution is 6.30. The topological polar surface area (TPSA) is 35.9 Å². The SMILES string of the molecule is Cc1ccc(Cl)cc1N1CCN(C[C@H](O)COCC[C@H]2C[C@H]3CC[C@H]2C3)CC1. The molecule has 1 aromatic carbocycles. The summed E-state index contributed by atoms with van der Waals surface area (Å²) in [7, 11) is 0. The highest BCUT2D eigenvalue weighted by Gasteiger charge is 2.38. The van der Waals surface area contributed by atoms with Crippen molar-refractivity contribution < 1.29 is 9.84 Å². The minimum atomic E-state index is -0.389. The van der Waals surface area contributed by atoms with Crippen molar-refractivity contribution in [3.63, 3.8) is 0 Å². The molecule has 0 spiro atoms. The van der Waals surface area contributed by atoms with Crippen molar-refractivity contribution in [2.45, 2.75) is 45.1 Å². The Labute approximate surface area is 174 Å². The molecule has 0 aromatic heterocycles. The van der Waals surface area contributed by atoms with Crippen molar-refractivity contribution in [2.75, 3.05) is 50.8 Å². The quantitative estimate of drug-likeness (QED) is 0.662. The summed E-state index contributed by atoms with van der Waals surface area (Å²) in [6, 6.07) is 6.09. The van der Waals surface area contributed by atoms with Gasteiger partial charge in [-0.2, -0.15) is 0 Å². The van der Waals surface area contributed by atoms with E-state index >= 15 is 0 Å². The van der Waals surface area contributed by atoms with Gasteiger partial charge in [-0.25, -0.2) is 0 Å². The fourth-order valence-electron chi connectivity index (χ4n) is 5.63. The highest BCUT2D eigenvalue weighted by Crippen LogP contribution is 2.49. The number of nitrogens with zero attached hydrogens (tertiary/aromatic N) is 2. The lowest BCUT2D eigenvalue weighted by Gasteiger charge is -2.37. The molecule has 3 aliphatic rings. The first-order valence-electron chi connectivity index (χ1n) is 11.1. The molecule has 4 nitrogen and oxygen atoms in total. The van der Waals surface area contributed by atoms with Crippen LogP contribution in [0.4, 0.5) is 5.69 Å². The number of ether oxygens (including phenoxy) is 1. The van der Waals surface area contributed by atoms with E-state index in [9.17, 15) is 5.11 Å². The fraction of sp³-hybridized carbons (Fsp3) is 0.739. The van der Waals surface area contributed by atoms with Crippen LogP contribution in [0.15, 0.2) is 18.2 Å². The van der Waals surface area contributed by atoms with Crippen LogP contribution in [0.3, 0.4) is 0 Å². The van der Waals surface area contributed by atoms with Gasteiger partial charge in [0, 0.05) is 50.0 Å². The van der Waals surface area contributed by atoms with Crippen LogP contribution in [-0.4, -0.2) is 62.0 Å². The monoisotopic (exact) mass is 406 g/mol. The van der Waals surface area contributed by atoms with E-state index in [-0.39, 0.29) is 6.10 Å². The van der Waals surface area contributed by atoms with Crippen molar-refractivity contribution in [3.8, 4) is 0 Å². The summed E-state index contributed by atoms with van der Waals surface area (Å²) in [5.74, 6) is 2.87. The van der Waals surface area contributed by atoms with E-state index in [2.05, 4.69) is 28.9 Å². The summed E-state index contributed by atoms with van der Waals surface area (Å²) >= 11 is 6.17. The first kappa shape index (κ1) is 20.5. The zero-order chi connectivity index (χ0) is 19.5. The van der Waals surface area contributed by atoms with Crippen LogP contribution < -0.4 is 4.90 Å². The Hall–Kier alpha value is -0.810. The molecule has 0 radical (unpaired) electrons. The fourth-order valence-corrected chi connectivity index (χ4v) is 5.80. The van der Waals surface area contributed by atoms with E-state index in [0.29, 0.717) is 13.2 Å². The van der Waals surface area contributed by atoms with Gasteiger partial charge in [-0.3, -0.25) is 4.90 Å². The van der Waals surface area contributed by atoms with Crippen LogP contribution in [0.25, 0.3) is 0 Å². The second-order valence-corrected chi connectivity index (χ2v) is 9.61. The largest absolute Gasteiger partial charge is 0.389 e. The molecule has 1 N–H and O–H groups in total. The van der Waals surface area contributed by atoms with E-state index in [0.717, 1.165) is 55.6 Å². The molecule has 5 heteroatoms. The van der Waals surface area contributed by atoms with Gasteiger partial charge < -0.3 is 14.7 Å². The summed E-state index contributed by atoms with van der Waals surface area (Å²) in [5, 5.41) is 11.2. The molecule has 0 unspecified atom stereocenters. The zero-order valence-corrected chi connectivity index (χ0v) is 17.9. The molecule has 2 aliphatic carbocycles. The molecule has 1 saturated heterocycles. The third kappa shape index (κ3) is 5.02. The molecule has 3 fully saturated rings. The molecule has 156 valence electrons. The molecular formula is C23H35ClN2O2. The first-order chi connectivity index (χ1) is 13.6. The van der Waals surface area contributed by atoms with Gasteiger partial charge in [0.2, 0.25) is 0 Å². The zero-order valence-electron chi connectivity index (χ0n) is 17.2. The summed E-state index contributed by atoms with van der Waals surface area (Å²) in [6.45, 7) is 7.99. The van der Waals surface area contributed by atoms with Gasteiger partial charge in [0.25, 0.3) is 0 Å². The Morgan fingerprint density at radius 3 is 2.71 bits per heavy atom. The number of benzene rings is 1. The van der Waals surface area contributed by atoms with Crippen LogP contribution >= 0.6 is 11.6 Å². The van der Waals surface area contributed by atoms with Crippen molar-refractivity contribution in [1.82, 2.24) is 4.90 Å². The van der Waals surface area contributed by atoms with Crippen molar-refractivity contribution in [3.05, 3.63) is 28.8 Å². The van der Waals surface area contributed by atoms with Crippen molar-refractivity contribution >= 4 is 17.3 Å². The number of hydrogen-bond acceptors (Lipinski definition) is 4. The standard InChI is InChI=1S/C23H35ClN2O2/c1-17-2-5-21(24)14-23(17)26-9-7-25(8-10-26)15-22(27)16-28-11-6-20-13-18-3-4-19(20)12-18/h2,5,14,18-20,22,27H,3-4,6-13,15-16H2,1H3/t18-,19-,20-,22-/m0/s1. The summed E-state index contributed by atoms with van der Waals surface area (Å²) in [4.78, 5) is 4.75. The summed E-state index contributed by atoms with van der Waals surface area (Å²) < 4.78 is 5.82. The average Bonchev–Trinajstić information content (AvgIpc) is 3.31. The molecule has 2 bridgehead atoms. The highest BCUT2D eigenvalue weighted by atomic mass is 35.5. The molecule has 4 rings (SSSR count). The van der Waals surface area contributed by atoms with Crippen LogP contribution in [0.5, 0.6) is 0 Å². The van der Waals surface area contributed by atoms with Gasteiger partial charge in [0.05, 0.1) is 12.7 Å². The number of aryl methyl sites for hydroxylation is 1. The van der Waals surface area contributed by atoms with Gasteiger partial charge in [0.15, 0.2) is 0 Å². The third-order valence-corrected chi connectivity index (χ3v) is 7.42. The molecule has 1 heterocycles. The number of piperazine rings is 1. The average molecular weight is 407 g/mol. The Bertz CT molecular complexity index is 647. The maximum Gasteiger partial charge on any atom is 0.0900 e. The molecule has 28 heavy (non-hydrogen) atoms. The molecule has 1 aliphatic heterocycles. The number of halogens is 1. The molecule has 0 amide bonds. The Morgan fingerprint density at radius 2 is 2.00 bits per heavy atom. The number of aliphatic hydroxyl groups excluding tert-OH is 1. The number of aliphatic hydroxyl groups is 1. The van der Waals surface area contributed by atoms with Gasteiger partial charge in [-0.05, 0) is 68.1 Å². The summed E-state index contributed by atoms with van der Waals surface area (Å²) in [6.07, 6.45) is 6.59. The first-order valence-corrected chi connectivity index (χ1v) is 11.5. The van der Waals surface area contributed by atoms with Gasteiger partial charge >= 0.3 is 0 Å². The lowest BCUT2D eigenvalue weighted by molar-refractivity contribution is 0.0100. The summed E-state index contributed by atoms with van der Waals surface area (Å²) in [5.41, 5.74) is 2.50. The van der Waals surface area contributed by atoms with Crippen molar-refractivity contribution in [2.24, 2.45) is 17.8 Å². The predicted molar refractivity (Wildman–Crippen MR) is 115 cm³/mol. The van der Waals surface area contributed by atoms with E-state index < -0.39 is 0 Å². The number of β-amino-alcohol motifs (C(OH)–C–C–N with tert-alkyl or cyclic N) is 1. The minimum Gasteiger partial charge on any atom is -0.389 e. The van der Waals surface area contributed by atoms with Crippen molar-refractivity contribution in [1.29, 1.82) is 0 Å². The molecule has 4 atom stereocenters. The molecule has 1 aromatic rings. The van der Waals surface area contributed by atoms with Gasteiger partial charge in [-0.1, -0.05) is 24.1 Å². The van der Waals surface area contributed by atoms with E-state index in [1.54, 1.807) is 0 Å². The van der Waals surface area contributed by atoms with Crippen LogP contribution in [0, 0.1) is 24.7 Å². The number of rotatable bonds is 8. The second kappa shape index (κ2) is 9.34. The maximum atomic E-state index is 10.4. The second-order valence-electron chi connectivity index (χ2n) is 9.17. The molecule has 2 saturated carbocycles. The number of fused-ring (bicyclic) bond motifs is 2. The predicted octanol–water partition coefficient (Wildman–Crippen LogP) is 3.97. The molecular weight excluding hydrogens is 372 g/mol. The van der Waals surface area contributed by atoms with Crippen LogP contribution in [-0.2, 0) is 4.74 Å². The lowest BCUT2D eigenvalue weighted by atomic mass is 9.87. The maximum absolute atomic E-state index is 10.4. The van der Waals surface area contributed by atoms with E-state index in [1.807, 2.05) is 6.07 Å². The Balaban J connectivity index is 1.12.